The minimum absolute atomic E-state index is 0. The van der Waals surface area contributed by atoms with Crippen LogP contribution in [0, 0.1) is 6.07 Å². The second kappa shape index (κ2) is 25.8. The molecule has 0 amide bonds. The number of nitrogens with zero attached hydrogens (tertiary/aromatic N) is 4. The fraction of sp³-hybridized carbons (Fsp3) is 0.325. The van der Waals surface area contributed by atoms with Gasteiger partial charge in [0.25, 0.3) is 0 Å². The first-order valence-corrected chi connectivity index (χ1v) is 32.4. The zero-order chi connectivity index (χ0) is 57.0. The van der Waals surface area contributed by atoms with Gasteiger partial charge in [-0.1, -0.05) is 280 Å². The monoisotopic (exact) mass is 1290 g/mol. The van der Waals surface area contributed by atoms with Crippen molar-refractivity contribution in [3.05, 3.63) is 226 Å². The van der Waals surface area contributed by atoms with Crippen LogP contribution in [0.2, 0.25) is 0 Å². The average molecular weight is 1290 g/mol. The van der Waals surface area contributed by atoms with Crippen LogP contribution in [0.4, 0.5) is 0 Å². The molecule has 4 nitrogen and oxygen atoms in total. The third kappa shape index (κ3) is 10.7. The molecule has 13 rings (SSSR count). The number of rotatable bonds is 24. The van der Waals surface area contributed by atoms with E-state index in [1.165, 1.54) is 186 Å². The molecule has 2 heterocycles. The van der Waals surface area contributed by atoms with Crippen molar-refractivity contribution in [1.29, 1.82) is 0 Å². The molecular weight excluding hydrogens is 1210 g/mol. The summed E-state index contributed by atoms with van der Waals surface area (Å²) in [4.78, 5) is 21.9. The Kier molecular flexibility index (Phi) is 17.7. The number of pyridine rings is 1. The molecule has 431 valence electrons. The molecule has 0 fully saturated rings. The molecule has 0 saturated heterocycles. The van der Waals surface area contributed by atoms with Crippen LogP contribution < -0.4 is 0 Å². The smallest absolute Gasteiger partial charge is 0.164 e. The van der Waals surface area contributed by atoms with Gasteiger partial charge in [-0.2, -0.15) is 0 Å². The number of aromatic nitrogens is 4. The third-order valence-electron chi connectivity index (χ3n) is 19.2. The molecule has 0 unspecified atom stereocenters. The second-order valence-corrected chi connectivity index (χ2v) is 24.6. The van der Waals surface area contributed by atoms with Gasteiger partial charge in [0, 0.05) is 47.6 Å². The summed E-state index contributed by atoms with van der Waals surface area (Å²) in [5.41, 5.74) is 23.7. The van der Waals surface area contributed by atoms with Gasteiger partial charge in [-0.15, -0.1) is 29.3 Å². The van der Waals surface area contributed by atoms with Gasteiger partial charge in [0.05, 0.1) is 10.9 Å². The minimum atomic E-state index is -0.642. The molecule has 0 aliphatic heterocycles. The molecule has 1 spiro atoms. The standard InChI is InChI=1S/C80H81N4.Ir/c1-5-9-13-17-29-55-39-43-57(44-40-55)76-82-77(58-45-41-56(42-46-58)30-18-14-10-6-2)84-78(83-76)60-48-50-64-63-49-47-59(53-70(63)80(71(64)54-60)68-36-24-19-31-61(68)62-32-20-25-37-69(62)80)75-73-65-33-21-23-35-67(65)79(51-27-15-11-7-3,52-28-16-12-8-4)74(73)66-34-22-26-38-72(66)81-75;/h19-26,31-46,48-50,53-54H,5-18,27-30,51-52H2,1-4H3;/q-1;. The molecule has 0 N–H and O–H groups in total. The van der Waals surface area contributed by atoms with Crippen molar-refractivity contribution in [2.45, 2.75) is 167 Å². The van der Waals surface area contributed by atoms with E-state index in [9.17, 15) is 0 Å². The molecule has 2 aromatic heterocycles. The molecular formula is C80H81IrN4-. The molecule has 1 radical (unpaired) electrons. The summed E-state index contributed by atoms with van der Waals surface area (Å²) >= 11 is 0. The number of aryl methyl sites for hydroxylation is 2. The van der Waals surface area contributed by atoms with Crippen molar-refractivity contribution in [2.75, 3.05) is 0 Å². The number of unbranched alkanes of at least 4 members (excludes halogenated alkanes) is 12. The quantitative estimate of drug-likeness (QED) is 0.0447. The summed E-state index contributed by atoms with van der Waals surface area (Å²) in [6.07, 6.45) is 24.3. The van der Waals surface area contributed by atoms with Gasteiger partial charge in [-0.05, 0) is 118 Å². The van der Waals surface area contributed by atoms with Crippen LogP contribution in [-0.4, -0.2) is 19.9 Å². The van der Waals surface area contributed by atoms with E-state index in [1.807, 2.05) is 0 Å². The molecule has 5 heteroatoms. The number of para-hydroxylation sites is 1. The van der Waals surface area contributed by atoms with E-state index in [1.54, 1.807) is 0 Å². The Morgan fingerprint density at radius 1 is 0.376 bits per heavy atom. The van der Waals surface area contributed by atoms with Gasteiger partial charge in [-0.3, -0.25) is 4.98 Å². The predicted octanol–water partition coefficient (Wildman–Crippen LogP) is 21.7. The van der Waals surface area contributed by atoms with E-state index in [4.69, 9.17) is 19.9 Å². The van der Waals surface area contributed by atoms with Crippen molar-refractivity contribution in [3.63, 3.8) is 0 Å². The molecule has 10 aromatic rings. The maximum atomic E-state index is 5.79. The average Bonchev–Trinajstić information content (AvgIpc) is 1.54. The molecule has 0 bridgehead atoms. The number of hydrogen-bond acceptors (Lipinski definition) is 4. The van der Waals surface area contributed by atoms with Crippen molar-refractivity contribution in [1.82, 2.24) is 19.9 Å². The zero-order valence-corrected chi connectivity index (χ0v) is 52.9. The summed E-state index contributed by atoms with van der Waals surface area (Å²) in [5.74, 6) is 2.05. The molecule has 85 heavy (non-hydrogen) atoms. The fourth-order valence-corrected chi connectivity index (χ4v) is 15.0. The van der Waals surface area contributed by atoms with Crippen molar-refractivity contribution >= 4 is 10.9 Å². The van der Waals surface area contributed by atoms with Crippen LogP contribution >= 0.6 is 0 Å². The first-order chi connectivity index (χ1) is 41.5. The van der Waals surface area contributed by atoms with E-state index >= 15 is 0 Å². The van der Waals surface area contributed by atoms with Crippen LogP contribution in [0.5, 0.6) is 0 Å². The zero-order valence-electron chi connectivity index (χ0n) is 50.5. The van der Waals surface area contributed by atoms with E-state index in [-0.39, 0.29) is 25.5 Å². The van der Waals surface area contributed by atoms with Gasteiger partial charge in [0.15, 0.2) is 17.5 Å². The normalized spacial score (nSPS) is 13.5. The van der Waals surface area contributed by atoms with Gasteiger partial charge < -0.3 is 0 Å². The Morgan fingerprint density at radius 3 is 1.40 bits per heavy atom. The van der Waals surface area contributed by atoms with Crippen LogP contribution in [0.15, 0.2) is 176 Å². The largest absolute Gasteiger partial charge is 0.296 e. The van der Waals surface area contributed by atoms with Crippen LogP contribution in [0.1, 0.15) is 188 Å². The maximum Gasteiger partial charge on any atom is 0.164 e. The van der Waals surface area contributed by atoms with Gasteiger partial charge in [0.1, 0.15) is 0 Å². The molecule has 8 aromatic carbocycles. The topological polar surface area (TPSA) is 51.6 Å². The summed E-state index contributed by atoms with van der Waals surface area (Å²) in [6.45, 7) is 9.21. The minimum Gasteiger partial charge on any atom is -0.296 e. The van der Waals surface area contributed by atoms with Gasteiger partial charge in [0.2, 0.25) is 0 Å². The maximum absolute atomic E-state index is 5.79. The van der Waals surface area contributed by atoms with Crippen molar-refractivity contribution in [2.24, 2.45) is 0 Å². The summed E-state index contributed by atoms with van der Waals surface area (Å²) < 4.78 is 0. The number of benzene rings is 8. The van der Waals surface area contributed by atoms with E-state index < -0.39 is 5.41 Å². The molecule has 0 saturated carbocycles. The summed E-state index contributed by atoms with van der Waals surface area (Å²) in [5, 5.41) is 1.30. The van der Waals surface area contributed by atoms with E-state index in [2.05, 4.69) is 210 Å². The van der Waals surface area contributed by atoms with Gasteiger partial charge >= 0.3 is 0 Å². The number of hydrogen-bond donors (Lipinski definition) is 0. The molecule has 3 aliphatic rings. The Bertz CT molecular complexity index is 3860. The second-order valence-electron chi connectivity index (χ2n) is 24.6. The Labute approximate surface area is 519 Å². The first kappa shape index (κ1) is 58.2. The van der Waals surface area contributed by atoms with E-state index in [0.717, 1.165) is 59.1 Å². The van der Waals surface area contributed by atoms with Crippen molar-refractivity contribution < 1.29 is 20.1 Å². The van der Waals surface area contributed by atoms with Gasteiger partial charge in [-0.25, -0.2) is 15.0 Å². The Balaban J connectivity index is 0.00000709. The van der Waals surface area contributed by atoms with Crippen LogP contribution in [0.25, 0.3) is 89.7 Å². The first-order valence-electron chi connectivity index (χ1n) is 32.4. The summed E-state index contributed by atoms with van der Waals surface area (Å²) in [7, 11) is 0. The van der Waals surface area contributed by atoms with E-state index in [0.29, 0.717) is 17.5 Å². The third-order valence-corrected chi connectivity index (χ3v) is 19.2. The molecule has 0 atom stereocenters. The molecule has 3 aliphatic carbocycles. The predicted molar refractivity (Wildman–Crippen MR) is 351 cm³/mol. The van der Waals surface area contributed by atoms with Crippen molar-refractivity contribution in [3.8, 4) is 78.8 Å². The fourth-order valence-electron chi connectivity index (χ4n) is 15.0. The summed E-state index contributed by atoms with van der Waals surface area (Å²) in [6, 6.07) is 70.5. The Morgan fingerprint density at radius 2 is 0.835 bits per heavy atom. The van der Waals surface area contributed by atoms with Crippen LogP contribution in [-0.2, 0) is 43.8 Å². The number of fused-ring (bicyclic) bond motifs is 15. The van der Waals surface area contributed by atoms with Crippen LogP contribution in [0.3, 0.4) is 0 Å². The Hall–Kier alpha value is -7.17. The SMILES string of the molecule is CCCCCCc1ccc(-c2nc(-c3ccc(CCCCCC)cc3)nc(-c3ccc4c(c3)C3(c5ccccc5-c5ccccc53)c3cc(-c5nc6ccccc6c6c5-c5ccccc5C6(CCCCCC)CCCCCC)[c-]cc3-4)n2)cc1.[Ir].